The molecule has 0 atom stereocenters. The van der Waals surface area contributed by atoms with E-state index in [1.54, 1.807) is 12.1 Å². The fourth-order valence-corrected chi connectivity index (χ4v) is 2.41. The first-order valence-electron chi connectivity index (χ1n) is 8.58. The van der Waals surface area contributed by atoms with Gasteiger partial charge in [-0.2, -0.15) is 0 Å². The van der Waals surface area contributed by atoms with Crippen LogP contribution in [0.1, 0.15) is 50.0 Å². The van der Waals surface area contributed by atoms with Crippen LogP contribution in [0.2, 0.25) is 0 Å². The van der Waals surface area contributed by atoms with Crippen molar-refractivity contribution in [2.24, 2.45) is 0 Å². The Morgan fingerprint density at radius 3 is 2.19 bits per heavy atom. The maximum absolute atomic E-state index is 12.2. The molecule has 0 saturated carbocycles. The number of amides is 1. The molecule has 6 heteroatoms. The highest BCUT2D eigenvalue weighted by molar-refractivity contribution is 5.99. The van der Waals surface area contributed by atoms with Crippen LogP contribution in [0.3, 0.4) is 0 Å². The lowest BCUT2D eigenvalue weighted by Gasteiger charge is -2.06. The number of carbonyl (C=O) groups is 4. The van der Waals surface area contributed by atoms with Crippen molar-refractivity contribution >= 4 is 23.9 Å². The molecular weight excluding hydrogens is 346 g/mol. The van der Waals surface area contributed by atoms with Gasteiger partial charge in [0.15, 0.2) is 12.4 Å². The van der Waals surface area contributed by atoms with E-state index in [2.05, 4.69) is 5.32 Å². The molecule has 0 saturated heterocycles. The maximum Gasteiger partial charge on any atom is 0.338 e. The van der Waals surface area contributed by atoms with E-state index in [9.17, 15) is 19.2 Å². The largest absolute Gasteiger partial charge is 0.454 e. The minimum absolute atomic E-state index is 0.0508. The lowest BCUT2D eigenvalue weighted by atomic mass is 10.1. The number of nitrogens with one attached hydrogen (secondary N) is 1. The molecule has 0 aliphatic carbocycles. The van der Waals surface area contributed by atoms with Crippen molar-refractivity contribution in [1.29, 1.82) is 0 Å². The topological polar surface area (TPSA) is 89.5 Å². The van der Waals surface area contributed by atoms with E-state index in [-0.39, 0.29) is 23.9 Å². The fourth-order valence-electron chi connectivity index (χ4n) is 2.41. The van der Waals surface area contributed by atoms with Crippen LogP contribution in [0.5, 0.6) is 0 Å². The quantitative estimate of drug-likeness (QED) is 0.318. The zero-order chi connectivity index (χ0) is 19.6. The van der Waals surface area contributed by atoms with E-state index >= 15 is 0 Å². The first-order chi connectivity index (χ1) is 13.0. The molecule has 0 fully saturated rings. The Morgan fingerprint density at radius 1 is 0.963 bits per heavy atom. The molecule has 2 aromatic rings. The summed E-state index contributed by atoms with van der Waals surface area (Å²) < 4.78 is 5.03. The average molecular weight is 367 g/mol. The second-order valence-electron chi connectivity index (χ2n) is 6.02. The third-order valence-corrected chi connectivity index (χ3v) is 3.91. The first-order valence-corrected chi connectivity index (χ1v) is 8.58. The Kier molecular flexibility index (Phi) is 7.43. The number of aryl methyl sites for hydroxylation is 1. The lowest BCUT2D eigenvalue weighted by molar-refractivity contribution is -0.118. The number of esters is 1. The van der Waals surface area contributed by atoms with Crippen molar-refractivity contribution < 1.29 is 23.9 Å². The van der Waals surface area contributed by atoms with E-state index in [4.69, 9.17) is 4.74 Å². The van der Waals surface area contributed by atoms with E-state index in [0.717, 1.165) is 18.4 Å². The van der Waals surface area contributed by atoms with Gasteiger partial charge in [0, 0.05) is 24.6 Å². The summed E-state index contributed by atoms with van der Waals surface area (Å²) in [5.74, 6) is -0.960. The zero-order valence-electron chi connectivity index (χ0n) is 15.1. The van der Waals surface area contributed by atoms with Gasteiger partial charge in [-0.3, -0.25) is 14.4 Å². The number of benzene rings is 2. The Hall–Kier alpha value is -3.28. The molecule has 2 rings (SSSR count). The second-order valence-corrected chi connectivity index (χ2v) is 6.02. The minimum Gasteiger partial charge on any atom is -0.454 e. The van der Waals surface area contributed by atoms with Crippen molar-refractivity contribution in [3.8, 4) is 0 Å². The van der Waals surface area contributed by atoms with Gasteiger partial charge in [-0.1, -0.05) is 36.4 Å². The van der Waals surface area contributed by atoms with Gasteiger partial charge >= 0.3 is 5.97 Å². The van der Waals surface area contributed by atoms with Crippen LogP contribution in [-0.2, 0) is 16.0 Å². The Morgan fingerprint density at radius 2 is 1.59 bits per heavy atom. The summed E-state index contributed by atoms with van der Waals surface area (Å²) in [6.45, 7) is 1.74. The van der Waals surface area contributed by atoms with Crippen molar-refractivity contribution in [1.82, 2.24) is 5.32 Å². The van der Waals surface area contributed by atoms with Crippen LogP contribution in [0.15, 0.2) is 48.5 Å². The lowest BCUT2D eigenvalue weighted by Crippen LogP contribution is -2.21. The maximum atomic E-state index is 12.2. The van der Waals surface area contributed by atoms with Crippen LogP contribution in [0.25, 0.3) is 0 Å². The highest BCUT2D eigenvalue weighted by Gasteiger charge is 2.12. The molecular formula is C21H21NO5. The number of ketones is 1. The SMILES string of the molecule is CC(=O)NCCCc1ccc(C(=O)COC(=O)c2ccc(C=O)cc2)cc1. The van der Waals surface area contributed by atoms with E-state index < -0.39 is 5.97 Å². The summed E-state index contributed by atoms with van der Waals surface area (Å²) >= 11 is 0. The molecule has 1 amide bonds. The molecule has 140 valence electrons. The van der Waals surface area contributed by atoms with Crippen LogP contribution >= 0.6 is 0 Å². The first kappa shape index (κ1) is 20.0. The van der Waals surface area contributed by atoms with E-state index in [1.165, 1.54) is 31.2 Å². The molecule has 0 spiro atoms. The number of ether oxygens (including phenoxy) is 1. The van der Waals surface area contributed by atoms with Gasteiger partial charge in [-0.05, 0) is 30.5 Å². The molecule has 27 heavy (non-hydrogen) atoms. The summed E-state index contributed by atoms with van der Waals surface area (Å²) in [6, 6.07) is 13.1. The van der Waals surface area contributed by atoms with Gasteiger partial charge in [-0.15, -0.1) is 0 Å². The van der Waals surface area contributed by atoms with Crippen molar-refractivity contribution in [3.05, 3.63) is 70.8 Å². The Balaban J connectivity index is 1.81. The van der Waals surface area contributed by atoms with Crippen LogP contribution in [-0.4, -0.2) is 37.1 Å². The molecule has 0 aliphatic rings. The van der Waals surface area contributed by atoms with Gasteiger partial charge in [0.1, 0.15) is 6.29 Å². The summed E-state index contributed by atoms with van der Waals surface area (Å²) in [4.78, 5) is 45.5. The van der Waals surface area contributed by atoms with Gasteiger partial charge in [0.25, 0.3) is 0 Å². The molecule has 0 aromatic heterocycles. The number of aldehydes is 1. The normalized spacial score (nSPS) is 10.1. The van der Waals surface area contributed by atoms with Gasteiger partial charge in [0.05, 0.1) is 5.56 Å². The molecule has 2 aromatic carbocycles. The van der Waals surface area contributed by atoms with Gasteiger partial charge in [0.2, 0.25) is 5.91 Å². The highest BCUT2D eigenvalue weighted by Crippen LogP contribution is 2.09. The predicted octanol–water partition coefficient (Wildman–Crippen LogP) is 2.61. The molecule has 6 nitrogen and oxygen atoms in total. The third kappa shape index (κ3) is 6.51. The Bertz CT molecular complexity index is 809. The van der Waals surface area contributed by atoms with Crippen LogP contribution in [0, 0.1) is 0 Å². The third-order valence-electron chi connectivity index (χ3n) is 3.91. The van der Waals surface area contributed by atoms with Gasteiger partial charge in [-0.25, -0.2) is 4.79 Å². The van der Waals surface area contributed by atoms with Crippen molar-refractivity contribution in [2.75, 3.05) is 13.2 Å². The van der Waals surface area contributed by atoms with Crippen molar-refractivity contribution in [2.45, 2.75) is 19.8 Å². The van der Waals surface area contributed by atoms with Crippen molar-refractivity contribution in [3.63, 3.8) is 0 Å². The number of rotatable bonds is 9. The summed E-state index contributed by atoms with van der Waals surface area (Å²) in [5, 5.41) is 2.73. The predicted molar refractivity (Wildman–Crippen MR) is 99.9 cm³/mol. The average Bonchev–Trinajstić information content (AvgIpc) is 2.69. The minimum atomic E-state index is -0.615. The second kappa shape index (κ2) is 10.0. The van der Waals surface area contributed by atoms with Gasteiger partial charge < -0.3 is 10.1 Å². The molecule has 0 aliphatic heterocycles. The number of carbonyl (C=O) groups excluding carboxylic acids is 4. The highest BCUT2D eigenvalue weighted by atomic mass is 16.5. The molecule has 0 bridgehead atoms. The van der Waals surface area contributed by atoms with Crippen LogP contribution in [0.4, 0.5) is 0 Å². The molecule has 0 heterocycles. The number of Topliss-reactive ketones (excluding diaryl/α,β-unsaturated/α-hetero) is 1. The Labute approximate surface area is 157 Å². The summed E-state index contributed by atoms with van der Waals surface area (Å²) in [6.07, 6.45) is 2.29. The number of hydrogen-bond acceptors (Lipinski definition) is 5. The summed E-state index contributed by atoms with van der Waals surface area (Å²) in [7, 11) is 0. The molecule has 1 N–H and O–H groups in total. The molecule has 0 radical (unpaired) electrons. The summed E-state index contributed by atoms with van der Waals surface area (Å²) in [5.41, 5.74) is 2.26. The van der Waals surface area contributed by atoms with E-state index in [0.29, 0.717) is 24.0 Å². The molecule has 0 unspecified atom stereocenters. The van der Waals surface area contributed by atoms with E-state index in [1.807, 2.05) is 12.1 Å². The smallest absolute Gasteiger partial charge is 0.338 e. The number of hydrogen-bond donors (Lipinski definition) is 1. The van der Waals surface area contributed by atoms with Crippen LogP contribution < -0.4 is 5.32 Å². The fraction of sp³-hybridized carbons (Fsp3) is 0.238. The monoisotopic (exact) mass is 367 g/mol. The zero-order valence-corrected chi connectivity index (χ0v) is 15.1. The standard InChI is InChI=1S/C21H21NO5/c1-15(24)22-12-2-3-16-4-8-18(9-5-16)20(25)14-27-21(26)19-10-6-17(13-23)7-11-19/h4-11,13H,2-3,12,14H2,1H3,(H,22,24).